The number of aromatic nitrogens is 2. The van der Waals surface area contributed by atoms with Crippen molar-refractivity contribution in [3.63, 3.8) is 0 Å². The molecule has 7 nitrogen and oxygen atoms in total. The lowest BCUT2D eigenvalue weighted by atomic mass is 10.1. The Balaban J connectivity index is 1.37. The van der Waals surface area contributed by atoms with Gasteiger partial charge in [0.15, 0.2) is 5.16 Å². The van der Waals surface area contributed by atoms with Crippen molar-refractivity contribution >= 4 is 57.0 Å². The summed E-state index contributed by atoms with van der Waals surface area (Å²) in [7, 11) is 0. The van der Waals surface area contributed by atoms with E-state index in [2.05, 4.69) is 20.6 Å². The average Bonchev–Trinajstić information content (AvgIpc) is 3.16. The third kappa shape index (κ3) is 4.74. The number of fused-ring (bicyclic) bond motifs is 2. The zero-order chi connectivity index (χ0) is 24.4. The lowest BCUT2D eigenvalue weighted by molar-refractivity contribution is -0.113. The number of carbonyl (C=O) groups is 2. The van der Waals surface area contributed by atoms with Gasteiger partial charge in [-0.25, -0.2) is 4.98 Å². The summed E-state index contributed by atoms with van der Waals surface area (Å²) in [6.07, 6.45) is 0. The molecule has 0 spiro atoms. The lowest BCUT2D eigenvalue weighted by Gasteiger charge is -2.09. The number of nitrogens with zero attached hydrogens (tertiary/aromatic N) is 2. The Labute approximate surface area is 206 Å². The molecule has 35 heavy (non-hydrogen) atoms. The smallest absolute Gasteiger partial charge is 0.256 e. The van der Waals surface area contributed by atoms with Crippen LogP contribution in [-0.2, 0) is 4.79 Å². The van der Waals surface area contributed by atoms with Crippen LogP contribution in [0.3, 0.4) is 0 Å². The number of thioether (sulfide) groups is 1. The van der Waals surface area contributed by atoms with E-state index in [-0.39, 0.29) is 17.6 Å². The van der Waals surface area contributed by atoms with Crippen LogP contribution in [0.4, 0.5) is 11.5 Å². The van der Waals surface area contributed by atoms with Crippen molar-refractivity contribution < 1.29 is 14.0 Å². The standard InChI is InChI=1S/C27H22N4O3S/c1-16-17(2)34-26-23(16)24(29-25(33)19-10-4-3-5-11-19)30-27(31-26)35-15-22(32)28-21-14-8-12-18-9-6-7-13-20(18)21/h3-14H,15H2,1-2H3,(H,28,32)(H,29,30,31,33). The molecule has 2 heterocycles. The topological polar surface area (TPSA) is 97.1 Å². The predicted octanol–water partition coefficient (Wildman–Crippen LogP) is 5.98. The Kier molecular flexibility index (Phi) is 6.20. The SMILES string of the molecule is Cc1oc2nc(SCC(=O)Nc3cccc4ccccc34)nc(NC(=O)c3ccccc3)c2c1C. The molecule has 8 heteroatoms. The molecule has 3 aromatic carbocycles. The highest BCUT2D eigenvalue weighted by Gasteiger charge is 2.19. The molecule has 174 valence electrons. The van der Waals surface area contributed by atoms with Crippen molar-refractivity contribution in [1.82, 2.24) is 9.97 Å². The fourth-order valence-electron chi connectivity index (χ4n) is 3.81. The first kappa shape index (κ1) is 22.6. The van der Waals surface area contributed by atoms with Crippen LogP contribution in [0.2, 0.25) is 0 Å². The van der Waals surface area contributed by atoms with Crippen LogP contribution >= 0.6 is 11.8 Å². The molecular weight excluding hydrogens is 460 g/mol. The summed E-state index contributed by atoms with van der Waals surface area (Å²) in [5.74, 6) is 0.681. The average molecular weight is 483 g/mol. The molecule has 0 fully saturated rings. The number of hydrogen-bond acceptors (Lipinski definition) is 6. The summed E-state index contributed by atoms with van der Waals surface area (Å²) >= 11 is 1.17. The second kappa shape index (κ2) is 9.60. The van der Waals surface area contributed by atoms with Crippen molar-refractivity contribution in [2.45, 2.75) is 19.0 Å². The maximum Gasteiger partial charge on any atom is 0.256 e. The summed E-state index contributed by atoms with van der Waals surface area (Å²) in [5.41, 5.74) is 2.49. The minimum Gasteiger partial charge on any atom is -0.443 e. The van der Waals surface area contributed by atoms with Crippen LogP contribution in [0.25, 0.3) is 21.9 Å². The van der Waals surface area contributed by atoms with Crippen molar-refractivity contribution in [3.05, 3.63) is 89.7 Å². The number of benzene rings is 3. The number of anilines is 2. The fourth-order valence-corrected chi connectivity index (χ4v) is 4.44. The lowest BCUT2D eigenvalue weighted by Crippen LogP contribution is -2.15. The van der Waals surface area contributed by atoms with E-state index in [1.807, 2.05) is 62.4 Å². The molecule has 5 rings (SSSR count). The second-order valence-corrected chi connectivity index (χ2v) is 8.94. The van der Waals surface area contributed by atoms with Gasteiger partial charge in [0.2, 0.25) is 11.6 Å². The molecule has 2 amide bonds. The fraction of sp³-hybridized carbons (Fsp3) is 0.111. The van der Waals surface area contributed by atoms with Crippen LogP contribution in [0.1, 0.15) is 21.7 Å². The predicted molar refractivity (Wildman–Crippen MR) is 139 cm³/mol. The molecule has 0 saturated carbocycles. The second-order valence-electron chi connectivity index (χ2n) is 8.00. The first-order valence-corrected chi connectivity index (χ1v) is 12.0. The third-order valence-corrected chi connectivity index (χ3v) is 6.52. The first-order valence-electron chi connectivity index (χ1n) is 11.0. The Hall–Kier alpha value is -4.17. The monoisotopic (exact) mass is 482 g/mol. The number of aryl methyl sites for hydroxylation is 2. The van der Waals surface area contributed by atoms with Gasteiger partial charge in [-0.15, -0.1) is 0 Å². The number of hydrogen-bond donors (Lipinski definition) is 2. The van der Waals surface area contributed by atoms with Gasteiger partial charge in [0.05, 0.1) is 11.1 Å². The first-order chi connectivity index (χ1) is 17.0. The highest BCUT2D eigenvalue weighted by Crippen LogP contribution is 2.31. The van der Waals surface area contributed by atoms with Gasteiger partial charge in [-0.1, -0.05) is 66.4 Å². The molecule has 0 aliphatic rings. The van der Waals surface area contributed by atoms with E-state index in [0.717, 1.165) is 22.0 Å². The Morgan fingerprint density at radius 3 is 2.46 bits per heavy atom. The summed E-state index contributed by atoms with van der Waals surface area (Å²) < 4.78 is 5.80. The maximum absolute atomic E-state index is 12.8. The van der Waals surface area contributed by atoms with Crippen LogP contribution in [0, 0.1) is 13.8 Å². The highest BCUT2D eigenvalue weighted by atomic mass is 32.2. The van der Waals surface area contributed by atoms with Gasteiger partial charge in [-0.05, 0) is 37.4 Å². The van der Waals surface area contributed by atoms with E-state index in [1.54, 1.807) is 24.3 Å². The van der Waals surface area contributed by atoms with Crippen LogP contribution in [0.5, 0.6) is 0 Å². The molecule has 0 radical (unpaired) electrons. The van der Waals surface area contributed by atoms with Gasteiger partial charge in [-0.2, -0.15) is 4.98 Å². The molecule has 5 aromatic rings. The van der Waals surface area contributed by atoms with E-state index in [1.165, 1.54) is 11.8 Å². The van der Waals surface area contributed by atoms with Crippen LogP contribution < -0.4 is 10.6 Å². The molecule has 0 aliphatic heterocycles. The Morgan fingerprint density at radius 1 is 0.886 bits per heavy atom. The van der Waals surface area contributed by atoms with Crippen molar-refractivity contribution in [2.24, 2.45) is 0 Å². The van der Waals surface area contributed by atoms with E-state index in [9.17, 15) is 9.59 Å². The zero-order valence-electron chi connectivity index (χ0n) is 19.2. The van der Waals surface area contributed by atoms with E-state index in [0.29, 0.717) is 33.4 Å². The third-order valence-electron chi connectivity index (χ3n) is 5.67. The number of nitrogens with one attached hydrogen (secondary N) is 2. The normalized spacial score (nSPS) is 11.0. The summed E-state index contributed by atoms with van der Waals surface area (Å²) in [4.78, 5) is 34.5. The van der Waals surface area contributed by atoms with Gasteiger partial charge < -0.3 is 15.1 Å². The number of furan rings is 1. The van der Waals surface area contributed by atoms with Gasteiger partial charge in [-0.3, -0.25) is 9.59 Å². The zero-order valence-corrected chi connectivity index (χ0v) is 20.0. The highest BCUT2D eigenvalue weighted by molar-refractivity contribution is 7.99. The summed E-state index contributed by atoms with van der Waals surface area (Å²) in [5, 5.41) is 8.85. The molecule has 0 bridgehead atoms. The quantitative estimate of drug-likeness (QED) is 0.228. The molecule has 0 saturated heterocycles. The Bertz CT molecular complexity index is 1560. The summed E-state index contributed by atoms with van der Waals surface area (Å²) in [6.45, 7) is 3.73. The molecular formula is C27H22N4O3S. The number of rotatable bonds is 6. The summed E-state index contributed by atoms with van der Waals surface area (Å²) in [6, 6.07) is 22.6. The van der Waals surface area contributed by atoms with E-state index < -0.39 is 0 Å². The van der Waals surface area contributed by atoms with E-state index in [4.69, 9.17) is 4.42 Å². The minimum absolute atomic E-state index is 0.0967. The van der Waals surface area contributed by atoms with Gasteiger partial charge in [0.25, 0.3) is 5.91 Å². The van der Waals surface area contributed by atoms with Crippen molar-refractivity contribution in [2.75, 3.05) is 16.4 Å². The largest absolute Gasteiger partial charge is 0.443 e. The maximum atomic E-state index is 12.8. The molecule has 0 unspecified atom stereocenters. The van der Waals surface area contributed by atoms with Crippen LogP contribution in [-0.4, -0.2) is 27.5 Å². The van der Waals surface area contributed by atoms with Crippen molar-refractivity contribution in [3.8, 4) is 0 Å². The van der Waals surface area contributed by atoms with Crippen LogP contribution in [0.15, 0.2) is 82.4 Å². The van der Waals surface area contributed by atoms with Gasteiger partial charge in [0, 0.05) is 22.2 Å². The van der Waals surface area contributed by atoms with Gasteiger partial charge in [0.1, 0.15) is 11.6 Å². The minimum atomic E-state index is -0.284. The molecule has 2 N–H and O–H groups in total. The number of carbonyl (C=O) groups excluding carboxylic acids is 2. The van der Waals surface area contributed by atoms with Gasteiger partial charge >= 0.3 is 0 Å². The number of amides is 2. The van der Waals surface area contributed by atoms with Crippen molar-refractivity contribution in [1.29, 1.82) is 0 Å². The Morgan fingerprint density at radius 2 is 1.63 bits per heavy atom. The molecule has 0 atom stereocenters. The molecule has 0 aliphatic carbocycles. The molecule has 2 aromatic heterocycles. The van der Waals surface area contributed by atoms with E-state index >= 15 is 0 Å².